The molecular formula is C9H7ClN2. The van der Waals surface area contributed by atoms with Crippen LogP contribution in [-0.4, -0.2) is 6.21 Å². The minimum atomic E-state index is -0.529. The van der Waals surface area contributed by atoms with Crippen molar-refractivity contribution in [1.29, 1.82) is 10.7 Å². The zero-order valence-electron chi connectivity index (χ0n) is 6.29. The Morgan fingerprint density at radius 3 is 2.67 bits per heavy atom. The topological polar surface area (TPSA) is 47.6 Å². The molecule has 0 aliphatic carbocycles. The number of halogens is 1. The van der Waals surface area contributed by atoms with Crippen molar-refractivity contribution in [3.05, 3.63) is 34.9 Å². The molecule has 0 aliphatic rings. The van der Waals surface area contributed by atoms with E-state index in [1.807, 2.05) is 6.07 Å². The zero-order chi connectivity index (χ0) is 8.97. The summed E-state index contributed by atoms with van der Waals surface area (Å²) in [5.74, 6) is -0.529. The second-order valence-corrected chi connectivity index (χ2v) is 2.70. The lowest BCUT2D eigenvalue weighted by molar-refractivity contribution is 1.16. The lowest BCUT2D eigenvalue weighted by Gasteiger charge is -2.03. The van der Waals surface area contributed by atoms with E-state index < -0.39 is 5.92 Å². The van der Waals surface area contributed by atoms with E-state index in [-0.39, 0.29) is 0 Å². The highest BCUT2D eigenvalue weighted by molar-refractivity contribution is 6.31. The van der Waals surface area contributed by atoms with E-state index in [0.717, 1.165) is 6.21 Å². The van der Waals surface area contributed by atoms with Gasteiger partial charge in [-0.1, -0.05) is 29.8 Å². The predicted molar refractivity (Wildman–Crippen MR) is 48.6 cm³/mol. The third-order valence-corrected chi connectivity index (χ3v) is 1.89. The van der Waals surface area contributed by atoms with Gasteiger partial charge in [-0.3, -0.25) is 0 Å². The molecule has 1 N–H and O–H groups in total. The van der Waals surface area contributed by atoms with Crippen molar-refractivity contribution in [2.75, 3.05) is 0 Å². The fourth-order valence-electron chi connectivity index (χ4n) is 0.924. The lowest BCUT2D eigenvalue weighted by atomic mass is 10.0. The van der Waals surface area contributed by atoms with E-state index in [1.165, 1.54) is 0 Å². The normalized spacial score (nSPS) is 11.7. The van der Waals surface area contributed by atoms with E-state index in [2.05, 4.69) is 0 Å². The number of nitrogens with one attached hydrogen (secondary N) is 1. The number of benzene rings is 1. The van der Waals surface area contributed by atoms with Gasteiger partial charge in [0.1, 0.15) is 5.92 Å². The largest absolute Gasteiger partial charge is 0.311 e. The Hall–Kier alpha value is -1.33. The summed E-state index contributed by atoms with van der Waals surface area (Å²) < 4.78 is 0. The van der Waals surface area contributed by atoms with Gasteiger partial charge >= 0.3 is 0 Å². The van der Waals surface area contributed by atoms with Crippen molar-refractivity contribution >= 4 is 17.8 Å². The Bertz CT molecular complexity index is 328. The van der Waals surface area contributed by atoms with Crippen molar-refractivity contribution in [3.63, 3.8) is 0 Å². The van der Waals surface area contributed by atoms with Crippen LogP contribution in [0.1, 0.15) is 11.5 Å². The van der Waals surface area contributed by atoms with E-state index in [1.54, 1.807) is 24.3 Å². The molecule has 60 valence electrons. The van der Waals surface area contributed by atoms with Crippen molar-refractivity contribution in [1.82, 2.24) is 0 Å². The van der Waals surface area contributed by atoms with Crippen molar-refractivity contribution in [2.24, 2.45) is 0 Å². The van der Waals surface area contributed by atoms with Gasteiger partial charge in [0.2, 0.25) is 0 Å². The van der Waals surface area contributed by atoms with E-state index >= 15 is 0 Å². The highest BCUT2D eigenvalue weighted by Crippen LogP contribution is 2.22. The Labute approximate surface area is 75.9 Å². The monoisotopic (exact) mass is 178 g/mol. The summed E-state index contributed by atoms with van der Waals surface area (Å²) in [6.45, 7) is 0. The molecule has 0 aliphatic heterocycles. The molecular weight excluding hydrogens is 172 g/mol. The van der Waals surface area contributed by atoms with E-state index in [0.29, 0.717) is 10.6 Å². The fourth-order valence-corrected chi connectivity index (χ4v) is 1.18. The van der Waals surface area contributed by atoms with Gasteiger partial charge in [-0.2, -0.15) is 5.26 Å². The molecule has 1 atom stereocenters. The molecule has 0 aromatic heterocycles. The molecule has 1 rings (SSSR count). The summed E-state index contributed by atoms with van der Waals surface area (Å²) in [6, 6.07) is 9.04. The second-order valence-electron chi connectivity index (χ2n) is 2.29. The number of hydrogen-bond donors (Lipinski definition) is 1. The number of nitrogens with zero attached hydrogens (tertiary/aromatic N) is 1. The maximum atomic E-state index is 8.64. The first kappa shape index (κ1) is 8.76. The van der Waals surface area contributed by atoms with Crippen LogP contribution in [0.25, 0.3) is 0 Å². The van der Waals surface area contributed by atoms with Crippen LogP contribution in [0.3, 0.4) is 0 Å². The zero-order valence-corrected chi connectivity index (χ0v) is 7.05. The predicted octanol–water partition coefficient (Wildman–Crippen LogP) is 2.60. The smallest absolute Gasteiger partial charge is 0.107 e. The van der Waals surface area contributed by atoms with E-state index in [9.17, 15) is 0 Å². The van der Waals surface area contributed by atoms with Gasteiger partial charge in [-0.05, 0) is 11.6 Å². The van der Waals surface area contributed by atoms with Crippen LogP contribution in [0.5, 0.6) is 0 Å². The van der Waals surface area contributed by atoms with Gasteiger partial charge in [-0.15, -0.1) is 0 Å². The highest BCUT2D eigenvalue weighted by atomic mass is 35.5. The molecule has 12 heavy (non-hydrogen) atoms. The van der Waals surface area contributed by atoms with Crippen LogP contribution in [0.2, 0.25) is 5.02 Å². The third-order valence-electron chi connectivity index (χ3n) is 1.55. The maximum Gasteiger partial charge on any atom is 0.107 e. The Kier molecular flexibility index (Phi) is 2.84. The van der Waals surface area contributed by atoms with Crippen LogP contribution >= 0.6 is 11.6 Å². The SMILES string of the molecule is N#CC(C=N)c1ccccc1Cl. The summed E-state index contributed by atoms with van der Waals surface area (Å²) >= 11 is 5.82. The standard InChI is InChI=1S/C9H7ClN2/c10-9-4-2-1-3-8(9)7(5-11)6-12/h1-5,7,11H. The molecule has 3 heteroatoms. The van der Waals surface area contributed by atoms with Gasteiger partial charge in [-0.25, -0.2) is 0 Å². The van der Waals surface area contributed by atoms with Gasteiger partial charge in [0.05, 0.1) is 6.07 Å². The highest BCUT2D eigenvalue weighted by Gasteiger charge is 2.09. The average Bonchev–Trinajstić information content (AvgIpc) is 2.10. The van der Waals surface area contributed by atoms with Crippen LogP contribution in [0.15, 0.2) is 24.3 Å². The molecule has 2 nitrogen and oxygen atoms in total. The van der Waals surface area contributed by atoms with Gasteiger partial charge in [0, 0.05) is 11.2 Å². The third kappa shape index (κ3) is 1.63. The molecule has 1 aromatic rings. The average molecular weight is 179 g/mol. The summed E-state index contributed by atoms with van der Waals surface area (Å²) in [7, 11) is 0. The number of hydrogen-bond acceptors (Lipinski definition) is 2. The first-order valence-corrected chi connectivity index (χ1v) is 3.82. The molecule has 1 aromatic carbocycles. The summed E-state index contributed by atoms with van der Waals surface area (Å²) in [4.78, 5) is 0. The van der Waals surface area contributed by atoms with Crippen molar-refractivity contribution in [2.45, 2.75) is 5.92 Å². The van der Waals surface area contributed by atoms with Gasteiger partial charge < -0.3 is 5.41 Å². The molecule has 0 amide bonds. The Balaban J connectivity index is 3.10. The van der Waals surface area contributed by atoms with E-state index in [4.69, 9.17) is 22.3 Å². The van der Waals surface area contributed by atoms with Crippen molar-refractivity contribution < 1.29 is 0 Å². The van der Waals surface area contributed by atoms with Crippen LogP contribution in [-0.2, 0) is 0 Å². The first-order chi connectivity index (χ1) is 5.79. The second kappa shape index (κ2) is 3.89. The van der Waals surface area contributed by atoms with Gasteiger partial charge in [0.25, 0.3) is 0 Å². The quantitative estimate of drug-likeness (QED) is 0.696. The molecule has 0 spiro atoms. The molecule has 0 bridgehead atoms. The first-order valence-electron chi connectivity index (χ1n) is 3.44. The molecule has 1 unspecified atom stereocenters. The number of rotatable bonds is 2. The van der Waals surface area contributed by atoms with Crippen LogP contribution < -0.4 is 0 Å². The molecule has 0 saturated heterocycles. The van der Waals surface area contributed by atoms with Crippen LogP contribution in [0.4, 0.5) is 0 Å². The minimum absolute atomic E-state index is 0.529. The fraction of sp³-hybridized carbons (Fsp3) is 0.111. The summed E-state index contributed by atoms with van der Waals surface area (Å²) in [6.07, 6.45) is 1.08. The molecule has 0 radical (unpaired) electrons. The Morgan fingerprint density at radius 1 is 1.50 bits per heavy atom. The molecule has 0 saturated carbocycles. The lowest BCUT2D eigenvalue weighted by Crippen LogP contribution is -1.96. The molecule has 0 heterocycles. The van der Waals surface area contributed by atoms with Gasteiger partial charge in [0.15, 0.2) is 0 Å². The summed E-state index contributed by atoms with van der Waals surface area (Å²) in [5.41, 5.74) is 0.691. The molecule has 0 fully saturated rings. The Morgan fingerprint density at radius 2 is 2.17 bits per heavy atom. The number of nitriles is 1. The van der Waals surface area contributed by atoms with Crippen LogP contribution in [0, 0.1) is 16.7 Å². The summed E-state index contributed by atoms with van der Waals surface area (Å²) in [5, 5.41) is 16.2. The van der Waals surface area contributed by atoms with Crippen molar-refractivity contribution in [3.8, 4) is 6.07 Å². The minimum Gasteiger partial charge on any atom is -0.311 e. The maximum absolute atomic E-state index is 8.64.